The molecule has 6 heteroatoms. The molecule has 15 heavy (non-hydrogen) atoms. The Morgan fingerprint density at radius 2 is 1.93 bits per heavy atom. The maximum absolute atomic E-state index is 12.0. The zero-order valence-corrected chi connectivity index (χ0v) is 8.80. The van der Waals surface area contributed by atoms with Crippen molar-refractivity contribution in [2.24, 2.45) is 0 Å². The van der Waals surface area contributed by atoms with Crippen LogP contribution in [-0.4, -0.2) is 21.3 Å². The van der Waals surface area contributed by atoms with E-state index in [1.165, 1.54) is 18.2 Å². The predicted molar refractivity (Wildman–Crippen MR) is 51.6 cm³/mol. The van der Waals surface area contributed by atoms with E-state index in [0.717, 1.165) is 6.26 Å². The monoisotopic (exact) mass is 236 g/mol. The van der Waals surface area contributed by atoms with Gasteiger partial charge in [0.15, 0.2) is 9.84 Å². The van der Waals surface area contributed by atoms with E-state index in [9.17, 15) is 17.2 Å². The van der Waals surface area contributed by atoms with Crippen molar-refractivity contribution in [3.8, 4) is 5.75 Å². The number of benzene rings is 1. The first kappa shape index (κ1) is 11.9. The van der Waals surface area contributed by atoms with Gasteiger partial charge >= 0.3 is 6.61 Å². The van der Waals surface area contributed by atoms with E-state index in [2.05, 4.69) is 4.74 Å². The molecule has 0 fully saturated rings. The van der Waals surface area contributed by atoms with E-state index in [4.69, 9.17) is 0 Å². The minimum absolute atomic E-state index is 0.0991. The number of hydrogen-bond donors (Lipinski definition) is 0. The molecule has 1 aromatic rings. The summed E-state index contributed by atoms with van der Waals surface area (Å²) in [4.78, 5) is 0. The van der Waals surface area contributed by atoms with Gasteiger partial charge in [-0.15, -0.1) is 0 Å². The average Bonchev–Trinajstić information content (AvgIpc) is 2.05. The molecule has 0 N–H and O–H groups in total. The molecule has 0 saturated carbocycles. The molecule has 0 saturated heterocycles. The van der Waals surface area contributed by atoms with Gasteiger partial charge in [0.2, 0.25) is 0 Å². The van der Waals surface area contributed by atoms with Crippen LogP contribution in [0.1, 0.15) is 5.56 Å². The standard InChI is InChI=1S/C9H10F2O3S/c1-15(12,13)6-7-4-2-3-5-8(7)14-9(10)11/h2-5,9H,6H2,1H3. The van der Waals surface area contributed by atoms with Gasteiger partial charge in [0, 0.05) is 11.8 Å². The largest absolute Gasteiger partial charge is 0.435 e. The van der Waals surface area contributed by atoms with E-state index >= 15 is 0 Å². The highest BCUT2D eigenvalue weighted by atomic mass is 32.2. The van der Waals surface area contributed by atoms with Crippen LogP contribution in [0, 0.1) is 0 Å². The number of ether oxygens (including phenoxy) is 1. The molecule has 3 nitrogen and oxygen atoms in total. The molecule has 84 valence electrons. The molecule has 0 aliphatic heterocycles. The van der Waals surface area contributed by atoms with Crippen LogP contribution in [0.5, 0.6) is 5.75 Å². The molecule has 0 bridgehead atoms. The van der Waals surface area contributed by atoms with E-state index in [0.29, 0.717) is 0 Å². The van der Waals surface area contributed by atoms with Gasteiger partial charge in [-0.05, 0) is 6.07 Å². The molecule has 0 spiro atoms. The van der Waals surface area contributed by atoms with Gasteiger partial charge in [0.25, 0.3) is 0 Å². The lowest BCUT2D eigenvalue weighted by Gasteiger charge is -2.09. The first-order valence-electron chi connectivity index (χ1n) is 4.09. The Bertz CT molecular complexity index is 429. The van der Waals surface area contributed by atoms with Crippen molar-refractivity contribution in [1.82, 2.24) is 0 Å². The van der Waals surface area contributed by atoms with Crippen molar-refractivity contribution in [2.75, 3.05) is 6.26 Å². The maximum Gasteiger partial charge on any atom is 0.387 e. The summed E-state index contributed by atoms with van der Waals surface area (Å²) in [6.07, 6.45) is 1.03. The highest BCUT2D eigenvalue weighted by Gasteiger charge is 2.12. The number of hydrogen-bond acceptors (Lipinski definition) is 3. The summed E-state index contributed by atoms with van der Waals surface area (Å²) in [6, 6.07) is 5.83. The Morgan fingerprint density at radius 3 is 2.47 bits per heavy atom. The predicted octanol–water partition coefficient (Wildman–Crippen LogP) is 1.83. The Morgan fingerprint density at radius 1 is 1.33 bits per heavy atom. The highest BCUT2D eigenvalue weighted by Crippen LogP contribution is 2.21. The molecular weight excluding hydrogens is 226 g/mol. The third-order valence-corrected chi connectivity index (χ3v) is 2.44. The van der Waals surface area contributed by atoms with Crippen molar-refractivity contribution in [2.45, 2.75) is 12.4 Å². The smallest absolute Gasteiger partial charge is 0.387 e. The second-order valence-electron chi connectivity index (χ2n) is 3.06. The summed E-state index contributed by atoms with van der Waals surface area (Å²) in [5.74, 6) is -0.409. The SMILES string of the molecule is CS(=O)(=O)Cc1ccccc1OC(F)F. The van der Waals surface area contributed by atoms with Crippen molar-refractivity contribution in [1.29, 1.82) is 0 Å². The fraction of sp³-hybridized carbons (Fsp3) is 0.333. The third-order valence-electron chi connectivity index (χ3n) is 1.61. The highest BCUT2D eigenvalue weighted by molar-refractivity contribution is 7.89. The van der Waals surface area contributed by atoms with Crippen LogP contribution in [0.2, 0.25) is 0 Å². The minimum atomic E-state index is -3.26. The normalized spacial score (nSPS) is 11.7. The zero-order valence-electron chi connectivity index (χ0n) is 7.98. The molecule has 0 atom stereocenters. The zero-order chi connectivity index (χ0) is 11.5. The quantitative estimate of drug-likeness (QED) is 0.801. The van der Waals surface area contributed by atoms with Crippen LogP contribution in [-0.2, 0) is 15.6 Å². The molecule has 0 heterocycles. The van der Waals surface area contributed by atoms with Gasteiger partial charge < -0.3 is 4.74 Å². The van der Waals surface area contributed by atoms with Gasteiger partial charge in [-0.2, -0.15) is 8.78 Å². The fourth-order valence-corrected chi connectivity index (χ4v) is 1.92. The Hall–Kier alpha value is -1.17. The van der Waals surface area contributed by atoms with Crippen molar-refractivity contribution in [3.05, 3.63) is 29.8 Å². The Labute approximate surface area is 86.6 Å². The summed E-state index contributed by atoms with van der Waals surface area (Å²) in [6.45, 7) is -2.95. The molecule has 1 aromatic carbocycles. The van der Waals surface area contributed by atoms with E-state index in [-0.39, 0.29) is 17.1 Å². The fourth-order valence-electron chi connectivity index (χ4n) is 1.12. The van der Waals surface area contributed by atoms with E-state index in [1.807, 2.05) is 0 Å². The molecule has 0 aliphatic rings. The van der Waals surface area contributed by atoms with Crippen molar-refractivity contribution < 1.29 is 21.9 Å². The first-order valence-corrected chi connectivity index (χ1v) is 6.15. The molecule has 0 aromatic heterocycles. The molecule has 0 radical (unpaired) electrons. The minimum Gasteiger partial charge on any atom is -0.435 e. The summed E-state index contributed by atoms with van der Waals surface area (Å²) < 4.78 is 50.1. The summed E-state index contributed by atoms with van der Waals surface area (Å²) in [5, 5.41) is 0. The van der Waals surface area contributed by atoms with Crippen LogP contribution in [0.3, 0.4) is 0 Å². The molecular formula is C9H10F2O3S. The van der Waals surface area contributed by atoms with Gasteiger partial charge in [0.05, 0.1) is 5.75 Å². The number of para-hydroxylation sites is 1. The first-order chi connectivity index (χ1) is 6.88. The molecule has 0 unspecified atom stereocenters. The lowest BCUT2D eigenvalue weighted by atomic mass is 10.2. The second kappa shape index (κ2) is 4.57. The van der Waals surface area contributed by atoms with E-state index < -0.39 is 16.4 Å². The van der Waals surface area contributed by atoms with Crippen LogP contribution in [0.25, 0.3) is 0 Å². The van der Waals surface area contributed by atoms with Crippen LogP contribution >= 0.6 is 0 Å². The van der Waals surface area contributed by atoms with Crippen molar-refractivity contribution in [3.63, 3.8) is 0 Å². The number of sulfone groups is 1. The van der Waals surface area contributed by atoms with Gasteiger partial charge in [-0.3, -0.25) is 0 Å². The topological polar surface area (TPSA) is 43.4 Å². The number of rotatable bonds is 4. The average molecular weight is 236 g/mol. The van der Waals surface area contributed by atoms with Gasteiger partial charge in [-0.25, -0.2) is 8.42 Å². The lowest BCUT2D eigenvalue weighted by Crippen LogP contribution is -2.07. The second-order valence-corrected chi connectivity index (χ2v) is 5.20. The summed E-state index contributed by atoms with van der Waals surface area (Å²) in [5.41, 5.74) is 0.236. The van der Waals surface area contributed by atoms with E-state index in [1.54, 1.807) is 6.07 Å². The number of halogens is 2. The molecule has 1 rings (SSSR count). The van der Waals surface area contributed by atoms with Gasteiger partial charge in [-0.1, -0.05) is 18.2 Å². The molecule has 0 amide bonds. The summed E-state index contributed by atoms with van der Waals surface area (Å²) >= 11 is 0. The van der Waals surface area contributed by atoms with Gasteiger partial charge in [0.1, 0.15) is 5.75 Å². The van der Waals surface area contributed by atoms with Crippen molar-refractivity contribution >= 4 is 9.84 Å². The lowest BCUT2D eigenvalue weighted by molar-refractivity contribution is -0.0503. The Balaban J connectivity index is 2.96. The number of alkyl halides is 2. The van der Waals surface area contributed by atoms with Crippen LogP contribution in [0.4, 0.5) is 8.78 Å². The maximum atomic E-state index is 12.0. The summed E-state index contributed by atoms with van der Waals surface area (Å²) in [7, 11) is -3.26. The van der Waals surface area contributed by atoms with Crippen LogP contribution in [0.15, 0.2) is 24.3 Å². The Kier molecular flexibility index (Phi) is 3.62. The third kappa shape index (κ3) is 4.24. The molecule has 0 aliphatic carbocycles. The van der Waals surface area contributed by atoms with Crippen LogP contribution < -0.4 is 4.74 Å².